The average Bonchev–Trinajstić information content (AvgIpc) is 2.91. The minimum Gasteiger partial charge on any atom is -0.327 e. The molecule has 0 bridgehead atoms. The molecular formula is C19H31N3S. The molecule has 0 saturated carbocycles. The lowest BCUT2D eigenvalue weighted by atomic mass is 10.3. The summed E-state index contributed by atoms with van der Waals surface area (Å²) < 4.78 is 2.42. The molecule has 0 aliphatic carbocycles. The van der Waals surface area contributed by atoms with Crippen molar-refractivity contribution in [3.8, 4) is 0 Å². The molecule has 0 spiro atoms. The summed E-state index contributed by atoms with van der Waals surface area (Å²) in [5, 5.41) is 3.54. The van der Waals surface area contributed by atoms with Crippen LogP contribution in [0.3, 0.4) is 0 Å². The monoisotopic (exact) mass is 333 g/mol. The van der Waals surface area contributed by atoms with Crippen LogP contribution >= 0.6 is 11.8 Å². The van der Waals surface area contributed by atoms with Crippen LogP contribution in [0, 0.1) is 0 Å². The third-order valence-electron chi connectivity index (χ3n) is 4.00. The molecule has 0 atom stereocenters. The standard InChI is InChI=1S/C19H31N3S/c1-4-7-11-20-15-19-21-17-10-9-16(23-13-6-3)14-18(17)22(19)12-8-5-2/h9-10,14,20H,4-8,11-13,15H2,1-3H3. The Labute approximate surface area is 145 Å². The van der Waals surface area contributed by atoms with E-state index in [1.807, 2.05) is 11.8 Å². The van der Waals surface area contributed by atoms with E-state index in [9.17, 15) is 0 Å². The second-order valence-corrected chi connectivity index (χ2v) is 7.23. The summed E-state index contributed by atoms with van der Waals surface area (Å²) in [7, 11) is 0. The number of unbranched alkanes of at least 4 members (excludes halogenated alkanes) is 2. The van der Waals surface area contributed by atoms with E-state index in [4.69, 9.17) is 4.98 Å². The smallest absolute Gasteiger partial charge is 0.123 e. The third kappa shape index (κ3) is 5.25. The Kier molecular flexibility index (Phi) is 7.96. The fourth-order valence-corrected chi connectivity index (χ4v) is 3.46. The average molecular weight is 334 g/mol. The third-order valence-corrected chi connectivity index (χ3v) is 5.20. The normalized spacial score (nSPS) is 11.4. The van der Waals surface area contributed by atoms with Crippen LogP contribution in [0.4, 0.5) is 0 Å². The number of nitrogens with one attached hydrogen (secondary N) is 1. The Hall–Kier alpha value is -1.00. The quantitative estimate of drug-likeness (QED) is 0.451. The highest BCUT2D eigenvalue weighted by molar-refractivity contribution is 7.99. The maximum absolute atomic E-state index is 4.88. The molecule has 0 fully saturated rings. The second-order valence-electron chi connectivity index (χ2n) is 6.06. The lowest BCUT2D eigenvalue weighted by molar-refractivity contribution is 0.570. The van der Waals surface area contributed by atoms with Crippen molar-refractivity contribution in [2.45, 2.75) is 70.9 Å². The topological polar surface area (TPSA) is 29.9 Å². The van der Waals surface area contributed by atoms with Gasteiger partial charge in [0.2, 0.25) is 0 Å². The largest absolute Gasteiger partial charge is 0.327 e. The van der Waals surface area contributed by atoms with Crippen LogP contribution < -0.4 is 5.32 Å². The van der Waals surface area contributed by atoms with Gasteiger partial charge in [0.15, 0.2) is 0 Å². The molecular weight excluding hydrogens is 302 g/mol. The molecule has 0 aliphatic rings. The van der Waals surface area contributed by atoms with Crippen LogP contribution in [0.15, 0.2) is 23.1 Å². The summed E-state index contributed by atoms with van der Waals surface area (Å²) in [5.41, 5.74) is 2.43. The van der Waals surface area contributed by atoms with E-state index in [0.29, 0.717) is 0 Å². The summed E-state index contributed by atoms with van der Waals surface area (Å²) in [6.45, 7) is 9.73. The molecule has 1 aromatic carbocycles. The van der Waals surface area contributed by atoms with E-state index in [0.717, 1.165) is 25.2 Å². The summed E-state index contributed by atoms with van der Waals surface area (Å²) in [4.78, 5) is 6.24. The molecule has 0 saturated heterocycles. The van der Waals surface area contributed by atoms with Gasteiger partial charge in [-0.2, -0.15) is 0 Å². The summed E-state index contributed by atoms with van der Waals surface area (Å²) in [6, 6.07) is 6.73. The fourth-order valence-electron chi connectivity index (χ4n) is 2.66. The highest BCUT2D eigenvalue weighted by atomic mass is 32.2. The SMILES string of the molecule is CCCCNCc1nc2ccc(SCCC)cc2n1CCCC. The first-order valence-corrected chi connectivity index (χ1v) is 10.1. The summed E-state index contributed by atoms with van der Waals surface area (Å²) in [5.74, 6) is 2.36. The first-order chi connectivity index (χ1) is 11.3. The predicted molar refractivity (Wildman–Crippen MR) is 102 cm³/mol. The maximum atomic E-state index is 4.88. The van der Waals surface area contributed by atoms with Crippen molar-refractivity contribution in [2.24, 2.45) is 0 Å². The molecule has 0 aliphatic heterocycles. The Morgan fingerprint density at radius 2 is 1.91 bits per heavy atom. The fraction of sp³-hybridized carbons (Fsp3) is 0.632. The van der Waals surface area contributed by atoms with Gasteiger partial charge in [0.25, 0.3) is 0 Å². The zero-order chi connectivity index (χ0) is 16.5. The van der Waals surface area contributed by atoms with Gasteiger partial charge >= 0.3 is 0 Å². The van der Waals surface area contributed by atoms with E-state index >= 15 is 0 Å². The van der Waals surface area contributed by atoms with Crippen molar-refractivity contribution >= 4 is 22.8 Å². The van der Waals surface area contributed by atoms with Gasteiger partial charge in [0, 0.05) is 11.4 Å². The number of fused-ring (bicyclic) bond motifs is 1. The molecule has 1 heterocycles. The van der Waals surface area contributed by atoms with E-state index in [1.165, 1.54) is 54.1 Å². The lowest BCUT2D eigenvalue weighted by Crippen LogP contribution is -2.18. The van der Waals surface area contributed by atoms with Gasteiger partial charge in [-0.15, -0.1) is 11.8 Å². The van der Waals surface area contributed by atoms with Gasteiger partial charge in [-0.3, -0.25) is 0 Å². The molecule has 1 N–H and O–H groups in total. The molecule has 3 nitrogen and oxygen atoms in total. The van der Waals surface area contributed by atoms with Crippen molar-refractivity contribution in [1.82, 2.24) is 14.9 Å². The van der Waals surface area contributed by atoms with Crippen LogP contribution in [0.2, 0.25) is 0 Å². The maximum Gasteiger partial charge on any atom is 0.123 e. The molecule has 0 unspecified atom stereocenters. The Morgan fingerprint density at radius 3 is 2.65 bits per heavy atom. The molecule has 2 rings (SSSR count). The number of rotatable bonds is 11. The minimum atomic E-state index is 0.871. The van der Waals surface area contributed by atoms with Crippen LogP contribution in [-0.4, -0.2) is 21.8 Å². The molecule has 128 valence electrons. The lowest BCUT2D eigenvalue weighted by Gasteiger charge is -2.10. The molecule has 4 heteroatoms. The zero-order valence-electron chi connectivity index (χ0n) is 14.9. The van der Waals surface area contributed by atoms with Gasteiger partial charge in [-0.1, -0.05) is 33.6 Å². The number of hydrogen-bond acceptors (Lipinski definition) is 3. The van der Waals surface area contributed by atoms with Gasteiger partial charge in [-0.25, -0.2) is 4.98 Å². The van der Waals surface area contributed by atoms with Crippen molar-refractivity contribution in [2.75, 3.05) is 12.3 Å². The molecule has 1 aromatic heterocycles. The summed E-state index contributed by atoms with van der Waals surface area (Å²) >= 11 is 1.94. The number of aromatic nitrogens is 2. The van der Waals surface area contributed by atoms with Gasteiger partial charge < -0.3 is 9.88 Å². The first kappa shape index (κ1) is 18.3. The predicted octanol–water partition coefficient (Wildman–Crippen LogP) is 5.23. The van der Waals surface area contributed by atoms with Crippen molar-refractivity contribution < 1.29 is 0 Å². The van der Waals surface area contributed by atoms with Gasteiger partial charge in [0.05, 0.1) is 17.6 Å². The number of thioether (sulfide) groups is 1. The van der Waals surface area contributed by atoms with Gasteiger partial charge in [0.1, 0.15) is 5.82 Å². The zero-order valence-corrected chi connectivity index (χ0v) is 15.7. The number of hydrogen-bond donors (Lipinski definition) is 1. The number of nitrogens with zero attached hydrogens (tertiary/aromatic N) is 2. The van der Waals surface area contributed by atoms with Crippen LogP contribution in [-0.2, 0) is 13.1 Å². The number of aryl methyl sites for hydroxylation is 1. The highest BCUT2D eigenvalue weighted by Gasteiger charge is 2.11. The summed E-state index contributed by atoms with van der Waals surface area (Å²) in [6.07, 6.45) is 6.10. The van der Waals surface area contributed by atoms with E-state index in [1.54, 1.807) is 0 Å². The Bertz CT molecular complexity index is 592. The molecule has 0 amide bonds. The van der Waals surface area contributed by atoms with Crippen LogP contribution in [0.25, 0.3) is 11.0 Å². The van der Waals surface area contributed by atoms with Crippen LogP contribution in [0.5, 0.6) is 0 Å². The van der Waals surface area contributed by atoms with Gasteiger partial charge in [-0.05, 0) is 49.8 Å². The first-order valence-electron chi connectivity index (χ1n) is 9.12. The van der Waals surface area contributed by atoms with Crippen molar-refractivity contribution in [1.29, 1.82) is 0 Å². The van der Waals surface area contributed by atoms with E-state index in [-0.39, 0.29) is 0 Å². The molecule has 23 heavy (non-hydrogen) atoms. The Balaban J connectivity index is 2.21. The van der Waals surface area contributed by atoms with Crippen LogP contribution in [0.1, 0.15) is 58.7 Å². The van der Waals surface area contributed by atoms with Crippen molar-refractivity contribution in [3.05, 3.63) is 24.0 Å². The number of imidazole rings is 1. The van der Waals surface area contributed by atoms with Crippen molar-refractivity contribution in [3.63, 3.8) is 0 Å². The molecule has 0 radical (unpaired) electrons. The number of benzene rings is 1. The minimum absolute atomic E-state index is 0.871. The highest BCUT2D eigenvalue weighted by Crippen LogP contribution is 2.25. The van der Waals surface area contributed by atoms with E-state index in [2.05, 4.69) is 48.9 Å². The van der Waals surface area contributed by atoms with E-state index < -0.39 is 0 Å². The molecule has 2 aromatic rings. The second kappa shape index (κ2) is 9.99. The Morgan fingerprint density at radius 1 is 1.09 bits per heavy atom.